The summed E-state index contributed by atoms with van der Waals surface area (Å²) in [5.74, 6) is 0.654. The molecule has 0 saturated carbocycles. The van der Waals surface area contributed by atoms with Crippen LogP contribution < -0.4 is 4.74 Å². The Labute approximate surface area is 227 Å². The number of thiocarbonyl (C=S) groups is 1. The van der Waals surface area contributed by atoms with E-state index < -0.39 is 4.92 Å². The van der Waals surface area contributed by atoms with E-state index in [-0.39, 0.29) is 17.7 Å². The summed E-state index contributed by atoms with van der Waals surface area (Å²) in [7, 11) is 0. The van der Waals surface area contributed by atoms with Gasteiger partial charge in [0.25, 0.3) is 11.6 Å². The summed E-state index contributed by atoms with van der Waals surface area (Å²) in [6.45, 7) is 1.54. The van der Waals surface area contributed by atoms with Gasteiger partial charge in [-0.3, -0.25) is 19.8 Å². The van der Waals surface area contributed by atoms with E-state index in [4.69, 9.17) is 21.7 Å². The molecule has 2 heterocycles. The van der Waals surface area contributed by atoms with Crippen LogP contribution in [0.1, 0.15) is 24.0 Å². The van der Waals surface area contributed by atoms with Crippen LogP contribution in [0, 0.1) is 17.3 Å². The van der Waals surface area contributed by atoms with Gasteiger partial charge in [0.15, 0.2) is 0 Å². The molecule has 4 rings (SSSR count). The average Bonchev–Trinajstić information content (AvgIpc) is 3.38. The maximum Gasteiger partial charge on any atom is 0.269 e. The Kier molecular flexibility index (Phi) is 8.25. The summed E-state index contributed by atoms with van der Waals surface area (Å²) in [5.41, 5.74) is 1.78. The number of nitrogens with zero attached hydrogens (tertiary/aromatic N) is 2. The Bertz CT molecular complexity index is 1110. The first-order valence-corrected chi connectivity index (χ1v) is 13.4. The molecule has 0 bridgehead atoms. The zero-order chi connectivity index (χ0) is 23.5. The van der Waals surface area contributed by atoms with Crippen LogP contribution in [-0.4, -0.2) is 39.3 Å². The summed E-state index contributed by atoms with van der Waals surface area (Å²) < 4.78 is 14.0. The number of ether oxygens (including phenoxy) is 2. The first-order chi connectivity index (χ1) is 15.8. The van der Waals surface area contributed by atoms with Crippen molar-refractivity contribution in [3.8, 4) is 5.75 Å². The highest BCUT2D eigenvalue weighted by atomic mass is 127. The summed E-state index contributed by atoms with van der Waals surface area (Å²) >= 11 is 11.2. The topological polar surface area (TPSA) is 81.9 Å². The number of nitro benzene ring substituents is 1. The molecule has 1 amide bonds. The minimum atomic E-state index is -0.425. The van der Waals surface area contributed by atoms with Gasteiger partial charge in [0, 0.05) is 18.7 Å². The van der Waals surface area contributed by atoms with E-state index in [1.807, 2.05) is 18.2 Å². The number of hydrogen-bond donors (Lipinski definition) is 0. The molecule has 2 fully saturated rings. The van der Waals surface area contributed by atoms with Crippen LogP contribution in [0.25, 0.3) is 6.08 Å². The van der Waals surface area contributed by atoms with Gasteiger partial charge < -0.3 is 9.47 Å². The Morgan fingerprint density at radius 3 is 2.58 bits per heavy atom. The lowest BCUT2D eigenvalue weighted by molar-refractivity contribution is -0.384. The van der Waals surface area contributed by atoms with E-state index in [2.05, 4.69) is 45.2 Å². The molecule has 1 atom stereocenters. The number of benzene rings is 2. The number of halogens is 2. The van der Waals surface area contributed by atoms with Crippen molar-refractivity contribution in [1.29, 1.82) is 0 Å². The van der Waals surface area contributed by atoms with Crippen molar-refractivity contribution >= 4 is 91.2 Å². The van der Waals surface area contributed by atoms with E-state index in [1.165, 1.54) is 23.9 Å². The molecule has 0 aromatic heterocycles. The van der Waals surface area contributed by atoms with Gasteiger partial charge in [-0.1, -0.05) is 24.0 Å². The summed E-state index contributed by atoms with van der Waals surface area (Å²) in [6, 6.07) is 10.2. The van der Waals surface area contributed by atoms with E-state index in [9.17, 15) is 14.9 Å². The number of carbonyl (C=O) groups is 1. The van der Waals surface area contributed by atoms with Crippen molar-refractivity contribution in [2.75, 3.05) is 13.2 Å². The van der Waals surface area contributed by atoms with Crippen LogP contribution >= 0.6 is 69.2 Å². The molecule has 172 valence electrons. The van der Waals surface area contributed by atoms with Crippen LogP contribution in [-0.2, 0) is 16.1 Å². The molecule has 0 N–H and O–H groups in total. The lowest BCUT2D eigenvalue weighted by Crippen LogP contribution is -2.35. The van der Waals surface area contributed by atoms with Crippen molar-refractivity contribution < 1.29 is 19.2 Å². The number of nitro groups is 1. The largest absolute Gasteiger partial charge is 0.487 e. The zero-order valence-corrected chi connectivity index (χ0v) is 23.1. The molecule has 2 aliphatic heterocycles. The molecule has 0 spiro atoms. The summed E-state index contributed by atoms with van der Waals surface area (Å²) in [6.07, 6.45) is 3.89. The predicted octanol–water partition coefficient (Wildman–Crippen LogP) is 5.76. The fraction of sp³-hybridized carbons (Fsp3) is 0.273. The standard InChI is InChI=1S/C22H18I2N2O5S2/c23-17-8-14(10-19-21(27)25(22(32)33-19)11-16-2-1-7-30-16)9-18(24)20(17)31-12-13-3-5-15(6-4-13)26(28)29/h3-6,8-10,16H,1-2,7,11-12H2/b19-10-/t16-/m0/s1. The smallest absolute Gasteiger partial charge is 0.269 e. The van der Waals surface area contributed by atoms with Crippen molar-refractivity contribution in [2.45, 2.75) is 25.6 Å². The number of rotatable bonds is 7. The first kappa shape index (κ1) is 24.8. The van der Waals surface area contributed by atoms with Gasteiger partial charge in [-0.15, -0.1) is 0 Å². The fourth-order valence-electron chi connectivity index (χ4n) is 3.47. The van der Waals surface area contributed by atoms with Gasteiger partial charge in [-0.25, -0.2) is 0 Å². The van der Waals surface area contributed by atoms with Crippen molar-refractivity contribution in [1.82, 2.24) is 4.90 Å². The van der Waals surface area contributed by atoms with Gasteiger partial charge in [0.2, 0.25) is 0 Å². The quantitative estimate of drug-likeness (QED) is 0.119. The Hall–Kier alpha value is -1.29. The van der Waals surface area contributed by atoms with Crippen LogP contribution in [0.5, 0.6) is 5.75 Å². The number of non-ortho nitro benzene ring substituents is 1. The maximum atomic E-state index is 12.9. The van der Waals surface area contributed by atoms with Crippen molar-refractivity contribution in [3.63, 3.8) is 0 Å². The van der Waals surface area contributed by atoms with Crippen molar-refractivity contribution in [3.05, 3.63) is 69.7 Å². The maximum absolute atomic E-state index is 12.9. The van der Waals surface area contributed by atoms with Crippen LogP contribution in [0.15, 0.2) is 41.3 Å². The number of thioether (sulfide) groups is 1. The molecular weight excluding hydrogens is 690 g/mol. The van der Waals surface area contributed by atoms with Gasteiger partial charge in [0.1, 0.15) is 16.7 Å². The van der Waals surface area contributed by atoms with Gasteiger partial charge in [-0.2, -0.15) is 0 Å². The third-order valence-electron chi connectivity index (χ3n) is 5.13. The van der Waals surface area contributed by atoms with E-state index in [0.717, 1.165) is 43.5 Å². The highest BCUT2D eigenvalue weighted by molar-refractivity contribution is 14.1. The number of amides is 1. The summed E-state index contributed by atoms with van der Waals surface area (Å²) in [4.78, 5) is 25.5. The van der Waals surface area contributed by atoms with Gasteiger partial charge in [-0.05, 0) is 99.5 Å². The first-order valence-electron chi connectivity index (χ1n) is 10.0. The molecule has 11 heteroatoms. The fourth-order valence-corrected chi connectivity index (χ4v) is 6.87. The predicted molar refractivity (Wildman–Crippen MR) is 148 cm³/mol. The normalized spacial score (nSPS) is 19.5. The number of carbonyl (C=O) groups excluding carboxylic acids is 1. The molecule has 7 nitrogen and oxygen atoms in total. The molecule has 33 heavy (non-hydrogen) atoms. The second kappa shape index (κ2) is 11.0. The van der Waals surface area contributed by atoms with Gasteiger partial charge >= 0.3 is 0 Å². The van der Waals surface area contributed by atoms with Crippen LogP contribution in [0.3, 0.4) is 0 Å². The second-order valence-electron chi connectivity index (χ2n) is 7.45. The molecule has 2 aliphatic rings. The average molecular weight is 708 g/mol. The molecule has 2 aromatic rings. The highest BCUT2D eigenvalue weighted by Crippen LogP contribution is 2.36. The van der Waals surface area contributed by atoms with Crippen LogP contribution in [0.2, 0.25) is 0 Å². The molecule has 2 aromatic carbocycles. The Morgan fingerprint density at radius 2 is 1.97 bits per heavy atom. The lowest BCUT2D eigenvalue weighted by atomic mass is 10.2. The molecule has 0 radical (unpaired) electrons. The summed E-state index contributed by atoms with van der Waals surface area (Å²) in [5, 5.41) is 10.8. The minimum Gasteiger partial charge on any atom is -0.487 e. The third-order valence-corrected chi connectivity index (χ3v) is 8.11. The van der Waals surface area contributed by atoms with E-state index in [0.29, 0.717) is 22.4 Å². The van der Waals surface area contributed by atoms with Gasteiger partial charge in [0.05, 0.1) is 29.6 Å². The van der Waals surface area contributed by atoms with E-state index in [1.54, 1.807) is 17.0 Å². The van der Waals surface area contributed by atoms with Crippen molar-refractivity contribution in [2.24, 2.45) is 0 Å². The second-order valence-corrected chi connectivity index (χ2v) is 11.5. The van der Waals surface area contributed by atoms with Crippen LogP contribution in [0.4, 0.5) is 5.69 Å². The monoisotopic (exact) mass is 708 g/mol. The molecule has 0 aliphatic carbocycles. The Morgan fingerprint density at radius 1 is 1.27 bits per heavy atom. The molecule has 2 saturated heterocycles. The lowest BCUT2D eigenvalue weighted by Gasteiger charge is -2.18. The SMILES string of the molecule is O=C1/C(=C/c2cc(I)c(OCc3ccc([N+](=O)[O-])cc3)c(I)c2)SC(=S)N1C[C@@H]1CCCO1. The highest BCUT2D eigenvalue weighted by Gasteiger charge is 2.34. The van der Waals surface area contributed by atoms with E-state index >= 15 is 0 Å². The third kappa shape index (κ3) is 6.05. The number of hydrogen-bond acceptors (Lipinski definition) is 7. The molecule has 0 unspecified atom stereocenters. The molecular formula is C22H18I2N2O5S2. The Balaban J connectivity index is 1.45. The zero-order valence-electron chi connectivity index (χ0n) is 17.2. The minimum absolute atomic E-state index is 0.0495.